The van der Waals surface area contributed by atoms with Crippen LogP contribution in [0.2, 0.25) is 0 Å². The summed E-state index contributed by atoms with van der Waals surface area (Å²) in [6.45, 7) is 16.5. The summed E-state index contributed by atoms with van der Waals surface area (Å²) in [5, 5.41) is 50.5. The largest absolute Gasteiger partial charge is 0.392 e. The zero-order valence-corrected chi connectivity index (χ0v) is 52.1. The van der Waals surface area contributed by atoms with E-state index in [1.807, 2.05) is 10.8 Å². The lowest BCUT2D eigenvalue weighted by molar-refractivity contribution is -0.129. The second kappa shape index (κ2) is 54.9. The number of rotatable bonds is 59. The van der Waals surface area contributed by atoms with Crippen molar-refractivity contribution in [2.24, 2.45) is 0 Å². The van der Waals surface area contributed by atoms with Crippen LogP contribution in [0.3, 0.4) is 0 Å². The minimum absolute atomic E-state index is 0.0921. The predicted octanol–water partition coefficient (Wildman–Crippen LogP) is 14.0. The number of hydrogen-bond donors (Lipinski definition) is 6. The number of nitrogens with one attached hydrogen (secondary N) is 2. The van der Waals surface area contributed by atoms with Gasteiger partial charge in [-0.05, 0) is 96.8 Å². The van der Waals surface area contributed by atoms with Gasteiger partial charge < -0.3 is 36.0 Å². The van der Waals surface area contributed by atoms with E-state index in [0.29, 0.717) is 52.0 Å². The van der Waals surface area contributed by atoms with E-state index < -0.39 is 18.2 Å². The van der Waals surface area contributed by atoms with E-state index in [1.165, 1.54) is 154 Å². The normalized spacial score (nSPS) is 15.2. The third kappa shape index (κ3) is 47.0. The summed E-state index contributed by atoms with van der Waals surface area (Å²) in [7, 11) is 3.61. The summed E-state index contributed by atoms with van der Waals surface area (Å²) in [4.78, 5) is 34.0. The summed E-state index contributed by atoms with van der Waals surface area (Å²) < 4.78 is 0. The van der Waals surface area contributed by atoms with E-state index in [0.717, 1.165) is 128 Å². The summed E-state index contributed by atoms with van der Waals surface area (Å²) in [6.07, 6.45) is 43.1. The molecule has 5 atom stereocenters. The van der Waals surface area contributed by atoms with E-state index in [1.54, 1.807) is 10.8 Å². The first-order chi connectivity index (χ1) is 37.1. The fourth-order valence-corrected chi connectivity index (χ4v) is 13.1. The Balaban J connectivity index is 2.69. The van der Waals surface area contributed by atoms with E-state index >= 15 is 0 Å². The lowest BCUT2D eigenvalue weighted by Gasteiger charge is -2.27. The number of likely N-dealkylation sites (tertiary alicyclic amines) is 1. The van der Waals surface area contributed by atoms with Gasteiger partial charge in [0.25, 0.3) is 0 Å². The van der Waals surface area contributed by atoms with Crippen molar-refractivity contribution in [2.45, 2.75) is 315 Å². The van der Waals surface area contributed by atoms with Crippen LogP contribution >= 0.6 is 21.6 Å². The van der Waals surface area contributed by atoms with Crippen LogP contribution in [-0.2, 0) is 9.59 Å². The quantitative estimate of drug-likeness (QED) is 0.0255. The highest BCUT2D eigenvalue weighted by Crippen LogP contribution is 2.25. The molecule has 0 aliphatic carbocycles. The molecule has 0 aromatic heterocycles. The Kier molecular flexibility index (Phi) is 53.0. The van der Waals surface area contributed by atoms with Gasteiger partial charge in [0.15, 0.2) is 0 Å². The van der Waals surface area contributed by atoms with Gasteiger partial charge in [0.1, 0.15) is 6.04 Å². The smallest absolute Gasteiger partial charge is 0.242 e. The van der Waals surface area contributed by atoms with Gasteiger partial charge in [-0.25, -0.2) is 0 Å². The molecule has 0 saturated carbocycles. The Morgan fingerprint density at radius 3 is 1.20 bits per heavy atom. The van der Waals surface area contributed by atoms with Gasteiger partial charge in [-0.15, -0.1) is 0 Å². The highest BCUT2D eigenvalue weighted by molar-refractivity contribution is 8.76. The number of aliphatic hydroxyl groups is 4. The van der Waals surface area contributed by atoms with Crippen LogP contribution in [0.15, 0.2) is 0 Å². The Bertz CT molecular complexity index is 1200. The van der Waals surface area contributed by atoms with Crippen molar-refractivity contribution in [1.82, 2.24) is 25.3 Å². The second-order valence-electron chi connectivity index (χ2n) is 23.3. The Morgan fingerprint density at radius 2 is 0.803 bits per heavy atom. The fraction of sp³-hybridized carbons (Fsp3) is 0.968. The number of unbranched alkanes of at least 4 members (excludes halogenated alkanes) is 26. The number of carbonyl (C=O) groups excluding carboxylic acids is 2. The van der Waals surface area contributed by atoms with Gasteiger partial charge in [-0.3, -0.25) is 19.4 Å². The van der Waals surface area contributed by atoms with E-state index in [2.05, 4.69) is 53.0 Å². The fourth-order valence-electron chi connectivity index (χ4n) is 10.8. The van der Waals surface area contributed by atoms with E-state index in [-0.39, 0.29) is 24.0 Å². The average molecular weight is 1110 g/mol. The zero-order valence-electron chi connectivity index (χ0n) is 50.4. The molecule has 1 aliphatic rings. The first kappa shape index (κ1) is 73.4. The minimum atomic E-state index is -0.576. The third-order valence-electron chi connectivity index (χ3n) is 15.7. The van der Waals surface area contributed by atoms with Gasteiger partial charge in [-0.1, -0.05) is 229 Å². The Hall–Kier alpha value is -0.640. The lowest BCUT2D eigenvalue weighted by Crippen LogP contribution is -2.48. The summed E-state index contributed by atoms with van der Waals surface area (Å²) >= 11 is 0. The first-order valence-electron chi connectivity index (χ1n) is 32.8. The van der Waals surface area contributed by atoms with Gasteiger partial charge in [0.05, 0.1) is 24.4 Å². The molecule has 11 nitrogen and oxygen atoms in total. The molecule has 5 unspecified atom stereocenters. The zero-order chi connectivity index (χ0) is 55.4. The van der Waals surface area contributed by atoms with Gasteiger partial charge >= 0.3 is 0 Å². The standard InChI is InChI=1S/C63H127N5O6S2/c1-5-9-13-17-21-23-27-31-41-59(71)55-68(56-60(72)42-32-28-24-22-18-14-10-6-2)49-37-38-51-75-76-52-44-61(63(74)64-45-50-66-46-35-36-47-66)65-62(73)43-33-34-48-67(53-57(69)39-29-25-19-15-11-7-3)54-58(70)40-30-26-20-16-12-8-4/h57-61,69-72H,5-56H2,1-4H3,(H,64,74)(H,65,73). The molecule has 0 radical (unpaired) electrons. The molecule has 2 amide bonds. The summed E-state index contributed by atoms with van der Waals surface area (Å²) in [6, 6.07) is -0.576. The molecule has 76 heavy (non-hydrogen) atoms. The molecule has 1 rings (SSSR count). The molecule has 1 fully saturated rings. The molecule has 0 aromatic rings. The van der Waals surface area contributed by atoms with Crippen LogP contribution in [0.4, 0.5) is 0 Å². The van der Waals surface area contributed by atoms with Crippen molar-refractivity contribution in [3.63, 3.8) is 0 Å². The maximum atomic E-state index is 13.6. The molecule has 13 heteroatoms. The number of aliphatic hydroxyl groups excluding tert-OH is 4. The molecule has 1 heterocycles. The molecule has 6 N–H and O–H groups in total. The van der Waals surface area contributed by atoms with Gasteiger partial charge in [0.2, 0.25) is 11.8 Å². The predicted molar refractivity (Wildman–Crippen MR) is 331 cm³/mol. The van der Waals surface area contributed by atoms with Crippen molar-refractivity contribution in [2.75, 3.05) is 77.0 Å². The maximum absolute atomic E-state index is 13.6. The number of hydrogen-bond acceptors (Lipinski definition) is 11. The third-order valence-corrected chi connectivity index (χ3v) is 18.2. The average Bonchev–Trinajstić information content (AvgIpc) is 3.93. The Morgan fingerprint density at radius 1 is 0.447 bits per heavy atom. The lowest BCUT2D eigenvalue weighted by atomic mass is 10.0. The molecule has 0 bridgehead atoms. The molecular formula is C63H127N5O6S2. The number of carbonyl (C=O) groups is 2. The molecule has 0 aromatic carbocycles. The molecule has 1 aliphatic heterocycles. The molecule has 1 saturated heterocycles. The van der Waals surface area contributed by atoms with Crippen LogP contribution in [-0.4, -0.2) is 154 Å². The maximum Gasteiger partial charge on any atom is 0.242 e. The van der Waals surface area contributed by atoms with Crippen LogP contribution in [0, 0.1) is 0 Å². The van der Waals surface area contributed by atoms with Crippen LogP contribution in [0.1, 0.15) is 285 Å². The van der Waals surface area contributed by atoms with E-state index in [4.69, 9.17) is 0 Å². The van der Waals surface area contributed by atoms with E-state index in [9.17, 15) is 30.0 Å². The van der Waals surface area contributed by atoms with Crippen LogP contribution < -0.4 is 10.6 Å². The van der Waals surface area contributed by atoms with Gasteiger partial charge in [0, 0.05) is 57.2 Å². The van der Waals surface area contributed by atoms with Crippen molar-refractivity contribution >= 4 is 33.4 Å². The summed E-state index contributed by atoms with van der Waals surface area (Å²) in [5.41, 5.74) is 0. The summed E-state index contributed by atoms with van der Waals surface area (Å²) in [5.74, 6) is 1.55. The Labute approximate surface area is 478 Å². The highest BCUT2D eigenvalue weighted by atomic mass is 33.1. The van der Waals surface area contributed by atoms with Crippen LogP contribution in [0.5, 0.6) is 0 Å². The minimum Gasteiger partial charge on any atom is -0.392 e. The molecule has 452 valence electrons. The number of amides is 2. The molecular weight excluding hydrogens is 987 g/mol. The topological polar surface area (TPSA) is 149 Å². The molecule has 0 spiro atoms. The number of nitrogens with zero attached hydrogens (tertiary/aromatic N) is 3. The van der Waals surface area contributed by atoms with Crippen molar-refractivity contribution < 1.29 is 30.0 Å². The second-order valence-corrected chi connectivity index (χ2v) is 26.0. The van der Waals surface area contributed by atoms with Gasteiger partial charge in [-0.2, -0.15) is 0 Å². The highest BCUT2D eigenvalue weighted by Gasteiger charge is 2.22. The first-order valence-corrected chi connectivity index (χ1v) is 35.3. The SMILES string of the molecule is CCCCCCCCCCC(O)CN(CCCCSSCCC(NC(=O)CCCCN(CC(O)CCCCCCCC)CC(O)CCCCCCCC)C(=O)NCCN1CCCC1)CC(O)CCCCCCCCCC. The van der Waals surface area contributed by atoms with Crippen LogP contribution in [0.25, 0.3) is 0 Å². The van der Waals surface area contributed by atoms with Crippen molar-refractivity contribution in [1.29, 1.82) is 0 Å². The van der Waals surface area contributed by atoms with Crippen molar-refractivity contribution in [3.8, 4) is 0 Å². The van der Waals surface area contributed by atoms with Crippen molar-refractivity contribution in [3.05, 3.63) is 0 Å². The monoisotopic (exact) mass is 1110 g/mol.